The zero-order valence-electron chi connectivity index (χ0n) is 13.2. The fourth-order valence-corrected chi connectivity index (χ4v) is 2.34. The number of amides is 2. The summed E-state index contributed by atoms with van der Waals surface area (Å²) in [5.41, 5.74) is 1.46. The summed E-state index contributed by atoms with van der Waals surface area (Å²) in [6, 6.07) is 8.80. The molecule has 1 aromatic heterocycles. The first-order valence-corrected chi connectivity index (χ1v) is 7.46. The van der Waals surface area contributed by atoms with Crippen LogP contribution in [-0.2, 0) is 16.1 Å². The van der Waals surface area contributed by atoms with Crippen LogP contribution in [0.15, 0.2) is 42.7 Å². The van der Waals surface area contributed by atoms with E-state index < -0.39 is 0 Å². The number of ether oxygens (including phenoxy) is 2. The van der Waals surface area contributed by atoms with Crippen LogP contribution in [0.2, 0.25) is 0 Å². The molecule has 0 radical (unpaired) electrons. The van der Waals surface area contributed by atoms with Crippen molar-refractivity contribution in [1.82, 2.24) is 9.88 Å². The highest BCUT2D eigenvalue weighted by atomic mass is 16.7. The number of fused-ring (bicyclic) bond motifs is 1. The summed E-state index contributed by atoms with van der Waals surface area (Å²) < 4.78 is 10.5. The van der Waals surface area contributed by atoms with Crippen molar-refractivity contribution >= 4 is 17.5 Å². The standard InChI is InChI=1S/C17H17N3O4/c1-12(21)20(9-13-3-2-6-18-8-13)10-17(22)19-14-4-5-15-16(7-14)24-11-23-15/h2-8H,9-11H2,1H3,(H,19,22). The van der Waals surface area contributed by atoms with Gasteiger partial charge in [0.1, 0.15) is 6.54 Å². The van der Waals surface area contributed by atoms with Gasteiger partial charge in [0.15, 0.2) is 11.5 Å². The van der Waals surface area contributed by atoms with Crippen molar-refractivity contribution in [1.29, 1.82) is 0 Å². The largest absolute Gasteiger partial charge is 0.454 e. The zero-order valence-corrected chi connectivity index (χ0v) is 13.2. The number of carbonyl (C=O) groups is 2. The topological polar surface area (TPSA) is 80.8 Å². The molecular weight excluding hydrogens is 310 g/mol. The molecule has 3 rings (SSSR count). The van der Waals surface area contributed by atoms with Crippen molar-refractivity contribution in [2.24, 2.45) is 0 Å². The number of hydrogen-bond donors (Lipinski definition) is 1. The highest BCUT2D eigenvalue weighted by molar-refractivity contribution is 5.94. The number of aromatic nitrogens is 1. The molecule has 0 unspecified atom stereocenters. The monoisotopic (exact) mass is 327 g/mol. The summed E-state index contributed by atoms with van der Waals surface area (Å²) in [4.78, 5) is 29.5. The number of nitrogens with one attached hydrogen (secondary N) is 1. The van der Waals surface area contributed by atoms with E-state index in [4.69, 9.17) is 9.47 Å². The van der Waals surface area contributed by atoms with Gasteiger partial charge in [0.2, 0.25) is 18.6 Å². The van der Waals surface area contributed by atoms with E-state index in [1.54, 1.807) is 36.7 Å². The van der Waals surface area contributed by atoms with E-state index >= 15 is 0 Å². The lowest BCUT2D eigenvalue weighted by molar-refractivity contribution is -0.133. The Hall–Kier alpha value is -3.09. The minimum atomic E-state index is -0.284. The Morgan fingerprint density at radius 2 is 2.08 bits per heavy atom. The maximum absolute atomic E-state index is 12.2. The van der Waals surface area contributed by atoms with E-state index in [1.807, 2.05) is 6.07 Å². The molecule has 1 N–H and O–H groups in total. The van der Waals surface area contributed by atoms with Crippen LogP contribution in [0.4, 0.5) is 5.69 Å². The van der Waals surface area contributed by atoms with Gasteiger partial charge in [-0.15, -0.1) is 0 Å². The predicted octanol–water partition coefficient (Wildman–Crippen LogP) is 1.80. The average Bonchev–Trinajstić information content (AvgIpc) is 3.02. The molecule has 0 atom stereocenters. The van der Waals surface area contributed by atoms with Crippen LogP contribution < -0.4 is 14.8 Å². The van der Waals surface area contributed by atoms with Gasteiger partial charge in [0.05, 0.1) is 0 Å². The fraction of sp³-hybridized carbons (Fsp3) is 0.235. The van der Waals surface area contributed by atoms with Crippen LogP contribution in [-0.4, -0.2) is 35.0 Å². The molecule has 24 heavy (non-hydrogen) atoms. The SMILES string of the molecule is CC(=O)N(CC(=O)Nc1ccc2c(c1)OCO2)Cc1cccnc1. The first kappa shape index (κ1) is 15.8. The van der Waals surface area contributed by atoms with Crippen LogP contribution in [0.5, 0.6) is 11.5 Å². The predicted molar refractivity (Wildman–Crippen MR) is 86.5 cm³/mol. The Morgan fingerprint density at radius 1 is 1.25 bits per heavy atom. The highest BCUT2D eigenvalue weighted by Crippen LogP contribution is 2.34. The second kappa shape index (κ2) is 6.99. The molecule has 7 heteroatoms. The molecule has 7 nitrogen and oxygen atoms in total. The average molecular weight is 327 g/mol. The molecule has 0 aliphatic carbocycles. The quantitative estimate of drug-likeness (QED) is 0.905. The lowest BCUT2D eigenvalue weighted by atomic mass is 10.2. The van der Waals surface area contributed by atoms with E-state index in [0.717, 1.165) is 5.56 Å². The van der Waals surface area contributed by atoms with Gasteiger partial charge in [-0.25, -0.2) is 0 Å². The minimum Gasteiger partial charge on any atom is -0.454 e. The summed E-state index contributed by atoms with van der Waals surface area (Å²) in [7, 11) is 0. The van der Waals surface area contributed by atoms with Gasteiger partial charge >= 0.3 is 0 Å². The Labute approximate surface area is 139 Å². The lowest BCUT2D eigenvalue weighted by Crippen LogP contribution is -2.36. The molecule has 0 spiro atoms. The smallest absolute Gasteiger partial charge is 0.244 e. The van der Waals surface area contributed by atoms with Crippen LogP contribution >= 0.6 is 0 Å². The van der Waals surface area contributed by atoms with E-state index in [1.165, 1.54) is 11.8 Å². The first-order chi connectivity index (χ1) is 11.6. The number of rotatable bonds is 5. The Balaban J connectivity index is 1.62. The van der Waals surface area contributed by atoms with Crippen molar-refractivity contribution in [2.75, 3.05) is 18.7 Å². The van der Waals surface area contributed by atoms with Crippen LogP contribution in [0.25, 0.3) is 0 Å². The normalized spacial score (nSPS) is 11.9. The van der Waals surface area contributed by atoms with Gasteiger partial charge in [-0.05, 0) is 23.8 Å². The third kappa shape index (κ3) is 3.81. The molecule has 0 fully saturated rings. The fourth-order valence-electron chi connectivity index (χ4n) is 2.34. The maximum Gasteiger partial charge on any atom is 0.244 e. The molecule has 1 aliphatic rings. The minimum absolute atomic E-state index is 0.0430. The first-order valence-electron chi connectivity index (χ1n) is 7.46. The zero-order chi connectivity index (χ0) is 16.9. The Bertz CT molecular complexity index is 749. The van der Waals surface area contributed by atoms with Gasteiger partial charge in [0, 0.05) is 37.6 Å². The Kier molecular flexibility index (Phi) is 4.60. The third-order valence-corrected chi connectivity index (χ3v) is 3.53. The second-order valence-electron chi connectivity index (χ2n) is 5.35. The van der Waals surface area contributed by atoms with Gasteiger partial charge in [-0.1, -0.05) is 6.07 Å². The number of hydrogen-bond acceptors (Lipinski definition) is 5. The Morgan fingerprint density at radius 3 is 2.83 bits per heavy atom. The van der Waals surface area contributed by atoms with Crippen molar-refractivity contribution in [3.8, 4) is 11.5 Å². The lowest BCUT2D eigenvalue weighted by Gasteiger charge is -2.20. The van der Waals surface area contributed by atoms with Crippen LogP contribution in [0, 0.1) is 0 Å². The number of nitrogens with zero attached hydrogens (tertiary/aromatic N) is 2. The summed E-state index contributed by atoms with van der Waals surface area (Å²) in [6.45, 7) is 1.90. The molecule has 2 heterocycles. The summed E-state index contributed by atoms with van der Waals surface area (Å²) >= 11 is 0. The van der Waals surface area contributed by atoms with Gasteiger partial charge < -0.3 is 19.7 Å². The molecule has 1 aromatic carbocycles. The number of anilines is 1. The van der Waals surface area contributed by atoms with E-state index in [2.05, 4.69) is 10.3 Å². The summed E-state index contributed by atoms with van der Waals surface area (Å²) in [6.07, 6.45) is 3.33. The van der Waals surface area contributed by atoms with Crippen molar-refractivity contribution in [2.45, 2.75) is 13.5 Å². The molecular formula is C17H17N3O4. The number of pyridine rings is 1. The molecule has 0 saturated heterocycles. The maximum atomic E-state index is 12.2. The van der Waals surface area contributed by atoms with Crippen molar-refractivity contribution < 1.29 is 19.1 Å². The molecule has 0 bridgehead atoms. The second-order valence-corrected chi connectivity index (χ2v) is 5.35. The summed E-state index contributed by atoms with van der Waals surface area (Å²) in [5, 5.41) is 2.76. The molecule has 1 aliphatic heterocycles. The van der Waals surface area contributed by atoms with Crippen molar-refractivity contribution in [3.05, 3.63) is 48.3 Å². The number of benzene rings is 1. The van der Waals surface area contributed by atoms with E-state index in [-0.39, 0.29) is 25.2 Å². The van der Waals surface area contributed by atoms with Crippen LogP contribution in [0.3, 0.4) is 0 Å². The molecule has 2 amide bonds. The third-order valence-electron chi connectivity index (χ3n) is 3.53. The van der Waals surface area contributed by atoms with Crippen molar-refractivity contribution in [3.63, 3.8) is 0 Å². The van der Waals surface area contributed by atoms with E-state index in [9.17, 15) is 9.59 Å². The van der Waals surface area contributed by atoms with Gasteiger partial charge in [-0.2, -0.15) is 0 Å². The molecule has 124 valence electrons. The van der Waals surface area contributed by atoms with Gasteiger partial charge in [0.25, 0.3) is 0 Å². The van der Waals surface area contributed by atoms with Crippen LogP contribution in [0.1, 0.15) is 12.5 Å². The number of carbonyl (C=O) groups excluding carboxylic acids is 2. The molecule has 2 aromatic rings. The summed E-state index contributed by atoms with van der Waals surface area (Å²) in [5.74, 6) is 0.772. The van der Waals surface area contributed by atoms with Gasteiger partial charge in [-0.3, -0.25) is 14.6 Å². The highest BCUT2D eigenvalue weighted by Gasteiger charge is 2.17. The molecule has 0 saturated carbocycles. The van der Waals surface area contributed by atoms with E-state index in [0.29, 0.717) is 23.7 Å².